The van der Waals surface area contributed by atoms with Crippen LogP contribution in [0, 0.1) is 6.92 Å². The minimum atomic E-state index is -0.538. The molecule has 194 valence electrons. The number of aromatic amines is 1. The predicted octanol–water partition coefficient (Wildman–Crippen LogP) is 5.95. The Morgan fingerprint density at radius 2 is 2.08 bits per heavy atom. The molecular weight excluding hydrogens is 475 g/mol. The molecule has 6 rings (SSSR count). The van der Waals surface area contributed by atoms with Gasteiger partial charge in [-0.2, -0.15) is 5.10 Å². The van der Waals surface area contributed by atoms with Crippen molar-refractivity contribution in [2.75, 3.05) is 20.1 Å². The average Bonchev–Trinajstić information content (AvgIpc) is 3.52. The Morgan fingerprint density at radius 1 is 1.28 bits per heavy atom. The first kappa shape index (κ1) is 24.9. The number of hydrogen-bond acceptors (Lipinski definition) is 5. The zero-order chi connectivity index (χ0) is 25.4. The van der Waals surface area contributed by atoms with Gasteiger partial charge < -0.3 is 10.3 Å². The summed E-state index contributed by atoms with van der Waals surface area (Å²) in [7, 11) is 1.65. The molecule has 1 aliphatic heterocycles. The summed E-state index contributed by atoms with van der Waals surface area (Å²) in [5, 5.41) is 6.96. The normalized spacial score (nSPS) is 18.9. The van der Waals surface area contributed by atoms with Gasteiger partial charge in [0.05, 0.1) is 20.8 Å². The molecule has 9 heteroatoms. The number of alkyl halides is 1. The van der Waals surface area contributed by atoms with E-state index in [0.717, 1.165) is 63.0 Å². The summed E-state index contributed by atoms with van der Waals surface area (Å²) < 4.78 is 15.9. The third-order valence-corrected chi connectivity index (χ3v) is 8.54. The van der Waals surface area contributed by atoms with Crippen molar-refractivity contribution in [3.05, 3.63) is 40.7 Å². The van der Waals surface area contributed by atoms with Crippen LogP contribution in [0.15, 0.2) is 24.7 Å². The number of halogens is 1. The number of aryl methyl sites for hydroxylation is 1. The minimum absolute atomic E-state index is 0. The highest BCUT2D eigenvalue weighted by atomic mass is 32.1. The Morgan fingerprint density at radius 3 is 2.75 bits per heavy atom. The standard InChI is InChI=1S/C18H19N5OS.C9H16FN.H2/c1-9(2)14-15(11-5-10(3)17-20-8-21-23(17)7-11)22-12-6-13(18(24)19-4)25-16(12)14;10-8-3-2-6-11(7-8)9-4-1-5-9;/h5-9,22H,1-4H3,(H,19,24);8-9H,1-7H2;1H/t;8-;/m.1./s1. The molecular formula is C27H37FN6OS. The van der Waals surface area contributed by atoms with E-state index in [1.54, 1.807) is 17.9 Å². The molecule has 36 heavy (non-hydrogen) atoms. The lowest BCUT2D eigenvalue weighted by molar-refractivity contribution is 0.0620. The van der Waals surface area contributed by atoms with Crippen molar-refractivity contribution in [2.24, 2.45) is 0 Å². The van der Waals surface area contributed by atoms with Gasteiger partial charge in [-0.05, 0) is 68.3 Å². The van der Waals surface area contributed by atoms with Crippen molar-refractivity contribution >= 4 is 33.1 Å². The van der Waals surface area contributed by atoms with E-state index >= 15 is 0 Å². The number of rotatable bonds is 4. The number of piperidine rings is 1. The number of carbonyl (C=O) groups excluding carboxylic acids is 1. The number of likely N-dealkylation sites (tertiary alicyclic amines) is 1. The molecule has 2 fully saturated rings. The van der Waals surface area contributed by atoms with E-state index in [1.807, 2.05) is 19.2 Å². The second kappa shape index (κ2) is 10.3. The highest BCUT2D eigenvalue weighted by molar-refractivity contribution is 7.21. The summed E-state index contributed by atoms with van der Waals surface area (Å²) in [6.45, 7) is 8.24. The van der Waals surface area contributed by atoms with Crippen LogP contribution in [0.5, 0.6) is 0 Å². The Kier molecular flexibility index (Phi) is 7.12. The summed E-state index contributed by atoms with van der Waals surface area (Å²) in [5.74, 6) is 0.275. The number of amides is 1. The summed E-state index contributed by atoms with van der Waals surface area (Å²) in [6.07, 6.45) is 8.87. The molecule has 0 spiro atoms. The summed E-state index contributed by atoms with van der Waals surface area (Å²) in [5.41, 5.74) is 6.33. The number of aromatic nitrogens is 4. The van der Waals surface area contributed by atoms with Gasteiger partial charge in [0.2, 0.25) is 0 Å². The minimum Gasteiger partial charge on any atom is -0.354 e. The van der Waals surface area contributed by atoms with E-state index in [9.17, 15) is 9.18 Å². The van der Waals surface area contributed by atoms with Gasteiger partial charge in [-0.15, -0.1) is 11.3 Å². The number of pyridine rings is 1. The van der Waals surface area contributed by atoms with E-state index < -0.39 is 6.17 Å². The third kappa shape index (κ3) is 4.78. The van der Waals surface area contributed by atoms with Crippen molar-refractivity contribution in [3.8, 4) is 11.3 Å². The smallest absolute Gasteiger partial charge is 0.261 e. The zero-order valence-corrected chi connectivity index (χ0v) is 22.3. The average molecular weight is 513 g/mol. The molecule has 1 saturated carbocycles. The lowest BCUT2D eigenvalue weighted by atomic mass is 9.90. The molecule has 4 aromatic heterocycles. The van der Waals surface area contributed by atoms with Gasteiger partial charge in [-0.1, -0.05) is 20.3 Å². The van der Waals surface area contributed by atoms with E-state index in [1.165, 1.54) is 36.2 Å². The number of fused-ring (bicyclic) bond motifs is 2. The Hall–Kier alpha value is -2.78. The lowest BCUT2D eigenvalue weighted by Crippen LogP contribution is -2.46. The van der Waals surface area contributed by atoms with Crippen LogP contribution in [0.4, 0.5) is 4.39 Å². The largest absolute Gasteiger partial charge is 0.354 e. The van der Waals surface area contributed by atoms with Crippen LogP contribution in [-0.2, 0) is 0 Å². The summed E-state index contributed by atoms with van der Waals surface area (Å²) in [4.78, 5) is 22.8. The van der Waals surface area contributed by atoms with Gasteiger partial charge in [0, 0.05) is 32.8 Å². The van der Waals surface area contributed by atoms with Crippen molar-refractivity contribution in [3.63, 3.8) is 0 Å². The van der Waals surface area contributed by atoms with Gasteiger partial charge in [0.15, 0.2) is 5.65 Å². The number of carbonyl (C=O) groups is 1. The van der Waals surface area contributed by atoms with Crippen molar-refractivity contribution in [1.82, 2.24) is 29.8 Å². The Labute approximate surface area is 216 Å². The lowest BCUT2D eigenvalue weighted by Gasteiger charge is -2.40. The van der Waals surface area contributed by atoms with E-state index in [2.05, 4.69) is 45.2 Å². The first-order valence-electron chi connectivity index (χ1n) is 12.9. The maximum absolute atomic E-state index is 12.9. The summed E-state index contributed by atoms with van der Waals surface area (Å²) >= 11 is 1.53. The quantitative estimate of drug-likeness (QED) is 0.354. The van der Waals surface area contributed by atoms with Crippen LogP contribution < -0.4 is 5.32 Å². The van der Waals surface area contributed by atoms with Gasteiger partial charge in [0.25, 0.3) is 5.91 Å². The zero-order valence-electron chi connectivity index (χ0n) is 21.5. The molecule has 2 N–H and O–H groups in total. The van der Waals surface area contributed by atoms with Crippen LogP contribution in [0.1, 0.15) is 74.1 Å². The van der Waals surface area contributed by atoms with Gasteiger partial charge in [-0.3, -0.25) is 9.69 Å². The van der Waals surface area contributed by atoms with Gasteiger partial charge in [-0.25, -0.2) is 13.9 Å². The molecule has 4 aromatic rings. The van der Waals surface area contributed by atoms with Crippen LogP contribution in [0.25, 0.3) is 27.1 Å². The number of hydrogen-bond donors (Lipinski definition) is 2. The van der Waals surface area contributed by atoms with Crippen LogP contribution in [0.3, 0.4) is 0 Å². The molecule has 2 aliphatic rings. The molecule has 1 aliphatic carbocycles. The number of nitrogens with zero attached hydrogens (tertiary/aromatic N) is 4. The fourth-order valence-electron chi connectivity index (χ4n) is 5.28. The number of H-pyrrole nitrogens is 1. The Bertz CT molecular complexity index is 1370. The fraction of sp³-hybridized carbons (Fsp3) is 0.519. The molecule has 0 unspecified atom stereocenters. The fourth-order valence-corrected chi connectivity index (χ4v) is 6.54. The monoisotopic (exact) mass is 512 g/mol. The predicted molar refractivity (Wildman–Crippen MR) is 146 cm³/mol. The molecule has 7 nitrogen and oxygen atoms in total. The third-order valence-electron chi connectivity index (χ3n) is 7.37. The second-order valence-electron chi connectivity index (χ2n) is 10.3. The summed E-state index contributed by atoms with van der Waals surface area (Å²) in [6, 6.07) is 4.80. The molecule has 5 heterocycles. The van der Waals surface area contributed by atoms with Gasteiger partial charge >= 0.3 is 0 Å². The molecule has 0 bridgehead atoms. The molecule has 1 amide bonds. The molecule has 1 saturated heterocycles. The van der Waals surface area contributed by atoms with Crippen molar-refractivity contribution in [2.45, 2.75) is 71.0 Å². The molecule has 1 atom stereocenters. The van der Waals surface area contributed by atoms with E-state index in [0.29, 0.717) is 12.5 Å². The van der Waals surface area contributed by atoms with Gasteiger partial charge in [0.1, 0.15) is 12.5 Å². The number of nitrogens with one attached hydrogen (secondary N) is 2. The SMILES string of the molecule is CNC(=O)c1cc2[nH]c(-c3cc(C)c4ncnn4c3)c(C(C)C)c2s1.F[C@@H]1CCCN(C2CCC2)C1.[HH]. The topological polar surface area (TPSA) is 78.3 Å². The number of thiophene rings is 1. The van der Waals surface area contributed by atoms with Crippen molar-refractivity contribution in [1.29, 1.82) is 0 Å². The highest BCUT2D eigenvalue weighted by Crippen LogP contribution is 2.40. The van der Waals surface area contributed by atoms with Crippen molar-refractivity contribution < 1.29 is 10.6 Å². The second-order valence-corrected chi connectivity index (χ2v) is 11.3. The Balaban J connectivity index is 0.000000224. The maximum atomic E-state index is 12.9. The first-order valence-corrected chi connectivity index (χ1v) is 13.7. The van der Waals surface area contributed by atoms with Crippen LogP contribution in [0.2, 0.25) is 0 Å². The van der Waals surface area contributed by atoms with E-state index in [4.69, 9.17) is 0 Å². The first-order chi connectivity index (χ1) is 17.4. The van der Waals surface area contributed by atoms with Crippen LogP contribution >= 0.6 is 11.3 Å². The maximum Gasteiger partial charge on any atom is 0.261 e. The van der Waals surface area contributed by atoms with E-state index in [-0.39, 0.29) is 7.33 Å². The molecule has 0 aromatic carbocycles. The van der Waals surface area contributed by atoms with Crippen LogP contribution in [-0.4, -0.2) is 62.7 Å². The highest BCUT2D eigenvalue weighted by Gasteiger charge is 2.29. The molecule has 0 radical (unpaired) electrons.